The van der Waals surface area contributed by atoms with Crippen molar-refractivity contribution >= 4 is 23.4 Å². The fraction of sp³-hybridized carbons (Fsp3) is 0.455. The Hall–Kier alpha value is -2.31. The van der Waals surface area contributed by atoms with Crippen molar-refractivity contribution < 1.29 is 0 Å². The standard InChI is InChI=1S/C22H31ClN6/c1-3-24-22(26-11-9-18-6-4-8-20(23)16-18)27-17-19-7-5-10-25-21(19)29-14-12-28(2)13-15-29/h4-8,10,16H,3,9,11-15,17H2,1-2H3,(H2,24,26,27). The lowest BCUT2D eigenvalue weighted by Crippen LogP contribution is -2.45. The monoisotopic (exact) mass is 414 g/mol. The second-order valence-corrected chi connectivity index (χ2v) is 7.71. The van der Waals surface area contributed by atoms with Gasteiger partial charge in [-0.3, -0.25) is 0 Å². The van der Waals surface area contributed by atoms with E-state index in [1.807, 2.05) is 30.5 Å². The van der Waals surface area contributed by atoms with Crippen LogP contribution in [0.15, 0.2) is 47.6 Å². The highest BCUT2D eigenvalue weighted by Gasteiger charge is 2.17. The molecule has 0 atom stereocenters. The summed E-state index contributed by atoms with van der Waals surface area (Å²) in [4.78, 5) is 14.2. The van der Waals surface area contributed by atoms with Crippen molar-refractivity contribution in [3.63, 3.8) is 0 Å². The predicted octanol–water partition coefficient (Wildman–Crippen LogP) is 2.78. The van der Waals surface area contributed by atoms with Crippen LogP contribution in [0.3, 0.4) is 0 Å². The van der Waals surface area contributed by atoms with Crippen LogP contribution in [0.1, 0.15) is 18.1 Å². The Morgan fingerprint density at radius 1 is 1.14 bits per heavy atom. The smallest absolute Gasteiger partial charge is 0.191 e. The Labute approximate surface area is 179 Å². The molecule has 0 amide bonds. The van der Waals surface area contributed by atoms with Crippen LogP contribution in [-0.4, -0.2) is 62.2 Å². The second-order valence-electron chi connectivity index (χ2n) is 7.28. The van der Waals surface area contributed by atoms with Crippen LogP contribution < -0.4 is 15.5 Å². The molecule has 1 saturated heterocycles. The molecule has 0 aliphatic carbocycles. The van der Waals surface area contributed by atoms with E-state index < -0.39 is 0 Å². The van der Waals surface area contributed by atoms with Crippen LogP contribution in [0, 0.1) is 0 Å². The van der Waals surface area contributed by atoms with Crippen molar-refractivity contribution in [2.75, 3.05) is 51.2 Å². The number of hydrogen-bond donors (Lipinski definition) is 2. The summed E-state index contributed by atoms with van der Waals surface area (Å²) in [5, 5.41) is 7.52. The number of piperazine rings is 1. The normalized spacial score (nSPS) is 15.4. The number of aliphatic imine (C=N–C) groups is 1. The maximum Gasteiger partial charge on any atom is 0.191 e. The van der Waals surface area contributed by atoms with Crippen molar-refractivity contribution in [2.45, 2.75) is 19.9 Å². The molecule has 1 aliphatic heterocycles. The first-order valence-electron chi connectivity index (χ1n) is 10.3. The van der Waals surface area contributed by atoms with E-state index in [1.165, 1.54) is 5.56 Å². The number of pyridine rings is 1. The minimum Gasteiger partial charge on any atom is -0.357 e. The Bertz CT molecular complexity index is 801. The summed E-state index contributed by atoms with van der Waals surface area (Å²) in [5.74, 6) is 1.88. The van der Waals surface area contributed by atoms with Crippen molar-refractivity contribution in [1.82, 2.24) is 20.5 Å². The largest absolute Gasteiger partial charge is 0.357 e. The molecule has 6 nitrogen and oxygen atoms in total. The first kappa shape index (κ1) is 21.4. The van der Waals surface area contributed by atoms with Gasteiger partial charge in [0.05, 0.1) is 6.54 Å². The number of nitrogens with one attached hydrogen (secondary N) is 2. The minimum atomic E-state index is 0.599. The van der Waals surface area contributed by atoms with E-state index >= 15 is 0 Å². The highest BCUT2D eigenvalue weighted by molar-refractivity contribution is 6.30. The molecule has 1 fully saturated rings. The summed E-state index contributed by atoms with van der Waals surface area (Å²) in [6, 6.07) is 12.1. The number of rotatable bonds is 7. The first-order chi connectivity index (χ1) is 14.2. The number of likely N-dealkylation sites (N-methyl/N-ethyl adjacent to an activating group) is 1. The predicted molar refractivity (Wildman–Crippen MR) is 122 cm³/mol. The van der Waals surface area contributed by atoms with Crippen LogP contribution in [0.2, 0.25) is 5.02 Å². The zero-order valence-electron chi connectivity index (χ0n) is 17.4. The third kappa shape index (κ3) is 6.61. The molecule has 1 aromatic carbocycles. The Balaban J connectivity index is 1.61. The van der Waals surface area contributed by atoms with E-state index in [0.717, 1.165) is 68.1 Å². The van der Waals surface area contributed by atoms with E-state index in [2.05, 4.69) is 51.5 Å². The SMILES string of the molecule is CCNC(=NCc1cccnc1N1CCN(C)CC1)NCCc1cccc(Cl)c1. The molecule has 1 aliphatic rings. The molecule has 2 heterocycles. The van der Waals surface area contributed by atoms with E-state index in [1.54, 1.807) is 0 Å². The van der Waals surface area contributed by atoms with E-state index in [-0.39, 0.29) is 0 Å². The van der Waals surface area contributed by atoms with Crippen LogP contribution in [0.5, 0.6) is 0 Å². The third-order valence-corrected chi connectivity index (χ3v) is 5.25. The van der Waals surface area contributed by atoms with Gasteiger partial charge in [0.25, 0.3) is 0 Å². The zero-order valence-corrected chi connectivity index (χ0v) is 18.1. The Morgan fingerprint density at radius 2 is 1.97 bits per heavy atom. The van der Waals surface area contributed by atoms with Crippen molar-refractivity contribution in [3.8, 4) is 0 Å². The highest BCUT2D eigenvalue weighted by atomic mass is 35.5. The van der Waals surface area contributed by atoms with Crippen LogP contribution >= 0.6 is 11.6 Å². The van der Waals surface area contributed by atoms with Crippen LogP contribution in [-0.2, 0) is 13.0 Å². The fourth-order valence-electron chi connectivity index (χ4n) is 3.38. The lowest BCUT2D eigenvalue weighted by molar-refractivity contribution is 0.312. The number of benzene rings is 1. The van der Waals surface area contributed by atoms with Crippen molar-refractivity contribution in [1.29, 1.82) is 0 Å². The van der Waals surface area contributed by atoms with Gasteiger partial charge in [-0.2, -0.15) is 0 Å². The molecule has 2 N–H and O–H groups in total. The van der Waals surface area contributed by atoms with Gasteiger partial charge in [0.15, 0.2) is 5.96 Å². The second kappa shape index (κ2) is 11.0. The number of aromatic nitrogens is 1. The topological polar surface area (TPSA) is 55.8 Å². The van der Waals surface area contributed by atoms with Gasteiger partial charge in [0.2, 0.25) is 0 Å². The van der Waals surface area contributed by atoms with Gasteiger partial charge < -0.3 is 20.4 Å². The van der Waals surface area contributed by atoms with Crippen LogP contribution in [0.25, 0.3) is 0 Å². The maximum absolute atomic E-state index is 6.07. The number of anilines is 1. The first-order valence-corrected chi connectivity index (χ1v) is 10.7. The van der Waals surface area contributed by atoms with Gasteiger partial charge in [0, 0.05) is 56.1 Å². The fourth-order valence-corrected chi connectivity index (χ4v) is 3.59. The van der Waals surface area contributed by atoms with Gasteiger partial charge in [-0.05, 0) is 44.2 Å². The molecule has 156 valence electrons. The van der Waals surface area contributed by atoms with Gasteiger partial charge >= 0.3 is 0 Å². The maximum atomic E-state index is 6.07. The summed E-state index contributed by atoms with van der Waals surface area (Å²) >= 11 is 6.07. The molecule has 0 saturated carbocycles. The van der Waals surface area contributed by atoms with E-state index in [0.29, 0.717) is 6.54 Å². The molecular weight excluding hydrogens is 384 g/mol. The number of nitrogens with zero attached hydrogens (tertiary/aromatic N) is 4. The third-order valence-electron chi connectivity index (χ3n) is 5.02. The van der Waals surface area contributed by atoms with Crippen molar-refractivity contribution in [3.05, 3.63) is 58.7 Å². The molecule has 0 radical (unpaired) electrons. The average Bonchev–Trinajstić information content (AvgIpc) is 2.73. The summed E-state index contributed by atoms with van der Waals surface area (Å²) < 4.78 is 0. The molecule has 1 aromatic heterocycles. The quantitative estimate of drug-likeness (QED) is 0.539. The minimum absolute atomic E-state index is 0.599. The Morgan fingerprint density at radius 3 is 2.72 bits per heavy atom. The summed E-state index contributed by atoms with van der Waals surface area (Å²) in [6.45, 7) is 8.42. The molecule has 3 rings (SSSR count). The number of halogens is 1. The summed E-state index contributed by atoms with van der Waals surface area (Å²) in [7, 11) is 2.17. The number of hydrogen-bond acceptors (Lipinski definition) is 4. The molecule has 0 spiro atoms. The van der Waals surface area contributed by atoms with Crippen molar-refractivity contribution in [2.24, 2.45) is 4.99 Å². The zero-order chi connectivity index (χ0) is 20.5. The lowest BCUT2D eigenvalue weighted by atomic mass is 10.1. The highest BCUT2D eigenvalue weighted by Crippen LogP contribution is 2.19. The summed E-state index contributed by atoms with van der Waals surface area (Å²) in [5.41, 5.74) is 2.37. The molecule has 2 aromatic rings. The van der Waals surface area contributed by atoms with Gasteiger partial charge in [-0.25, -0.2) is 9.98 Å². The van der Waals surface area contributed by atoms with Crippen LogP contribution in [0.4, 0.5) is 5.82 Å². The average molecular weight is 415 g/mol. The Kier molecular flexibility index (Phi) is 8.14. The van der Waals surface area contributed by atoms with Gasteiger partial charge in [-0.15, -0.1) is 0 Å². The van der Waals surface area contributed by atoms with E-state index in [4.69, 9.17) is 16.6 Å². The molecule has 0 unspecified atom stereocenters. The molecule has 7 heteroatoms. The molecule has 29 heavy (non-hydrogen) atoms. The summed E-state index contributed by atoms with van der Waals surface area (Å²) in [6.07, 6.45) is 2.76. The number of guanidine groups is 1. The molecule has 0 bridgehead atoms. The van der Waals surface area contributed by atoms with E-state index in [9.17, 15) is 0 Å². The molecular formula is C22H31ClN6. The van der Waals surface area contributed by atoms with Gasteiger partial charge in [-0.1, -0.05) is 29.8 Å². The van der Waals surface area contributed by atoms with Gasteiger partial charge in [0.1, 0.15) is 5.82 Å². The lowest BCUT2D eigenvalue weighted by Gasteiger charge is -2.34.